The predicted octanol–water partition coefficient (Wildman–Crippen LogP) is 3.01. The molecule has 6 nitrogen and oxygen atoms in total. The third-order valence-electron chi connectivity index (χ3n) is 4.98. The van der Waals surface area contributed by atoms with Crippen molar-refractivity contribution < 1.29 is 14.7 Å². The SMILES string of the molecule is O=C(O)CCCN1C(=O)C(=Cc2cc3cccc4c3n(c2=O)CCC4)SC1=S. The number of carboxylic acids is 1. The maximum Gasteiger partial charge on any atom is 0.303 e. The minimum Gasteiger partial charge on any atom is -0.481 e. The van der Waals surface area contributed by atoms with Gasteiger partial charge in [0.1, 0.15) is 4.32 Å². The second-order valence-electron chi connectivity index (χ2n) is 6.85. The molecule has 1 aromatic carbocycles. The smallest absolute Gasteiger partial charge is 0.303 e. The number of hydrogen-bond donors (Lipinski definition) is 1. The van der Waals surface area contributed by atoms with Crippen molar-refractivity contribution in [2.75, 3.05) is 6.54 Å². The van der Waals surface area contributed by atoms with Crippen LogP contribution in [0, 0.1) is 0 Å². The number of thioether (sulfide) groups is 1. The van der Waals surface area contributed by atoms with Crippen LogP contribution in [0.1, 0.15) is 30.4 Å². The standard InChI is InChI=1S/C20H18N2O4S2/c23-16(24)7-3-9-22-19(26)15(28-20(22)27)11-14-10-13-5-1-4-12-6-2-8-21(17(12)13)18(14)25/h1,4-5,10-11H,2-3,6-9H2,(H,23,24). The Bertz CT molecular complexity index is 1100. The van der Waals surface area contributed by atoms with Crippen LogP contribution < -0.4 is 5.56 Å². The fourth-order valence-electron chi connectivity index (χ4n) is 3.71. The third kappa shape index (κ3) is 3.38. The van der Waals surface area contributed by atoms with Gasteiger partial charge in [0.15, 0.2) is 0 Å². The topological polar surface area (TPSA) is 79.6 Å². The molecule has 0 aliphatic carbocycles. The van der Waals surface area contributed by atoms with E-state index >= 15 is 0 Å². The molecular formula is C20H18N2O4S2. The first-order valence-electron chi connectivity index (χ1n) is 9.08. The molecule has 144 valence electrons. The van der Waals surface area contributed by atoms with Crippen LogP contribution in [-0.2, 0) is 22.6 Å². The number of aryl methyl sites for hydroxylation is 2. The Morgan fingerprint density at radius 2 is 2.14 bits per heavy atom. The molecule has 0 radical (unpaired) electrons. The number of rotatable bonds is 5. The fraction of sp³-hybridized carbons (Fsp3) is 0.300. The molecule has 8 heteroatoms. The van der Waals surface area contributed by atoms with Gasteiger partial charge in [-0.3, -0.25) is 19.3 Å². The summed E-state index contributed by atoms with van der Waals surface area (Å²) in [6.45, 7) is 0.934. The first kappa shape index (κ1) is 18.9. The zero-order valence-electron chi connectivity index (χ0n) is 15.0. The predicted molar refractivity (Wildman–Crippen MR) is 113 cm³/mol. The van der Waals surface area contributed by atoms with E-state index in [4.69, 9.17) is 17.3 Å². The van der Waals surface area contributed by atoms with E-state index in [2.05, 4.69) is 6.07 Å². The van der Waals surface area contributed by atoms with E-state index in [1.807, 2.05) is 18.2 Å². The summed E-state index contributed by atoms with van der Waals surface area (Å²) in [7, 11) is 0. The van der Waals surface area contributed by atoms with Crippen molar-refractivity contribution in [2.45, 2.75) is 32.2 Å². The van der Waals surface area contributed by atoms with Crippen molar-refractivity contribution in [2.24, 2.45) is 0 Å². The number of para-hydroxylation sites is 1. The zero-order chi connectivity index (χ0) is 19.8. The number of nitrogens with zero attached hydrogens (tertiary/aromatic N) is 2. The fourth-order valence-corrected chi connectivity index (χ4v) is 5.01. The number of aliphatic carboxylic acids is 1. The molecule has 2 aromatic rings. The van der Waals surface area contributed by atoms with E-state index in [1.165, 1.54) is 10.5 Å². The van der Waals surface area contributed by atoms with E-state index in [-0.39, 0.29) is 24.4 Å². The lowest BCUT2D eigenvalue weighted by Gasteiger charge is -2.19. The molecule has 0 unspecified atom stereocenters. The van der Waals surface area contributed by atoms with Gasteiger partial charge in [-0.15, -0.1) is 0 Å². The van der Waals surface area contributed by atoms with E-state index in [0.29, 0.717) is 27.8 Å². The minimum atomic E-state index is -0.904. The lowest BCUT2D eigenvalue weighted by Crippen LogP contribution is -2.29. The highest BCUT2D eigenvalue weighted by atomic mass is 32.2. The van der Waals surface area contributed by atoms with Gasteiger partial charge in [0.05, 0.1) is 10.4 Å². The molecule has 3 heterocycles. The Morgan fingerprint density at radius 1 is 1.32 bits per heavy atom. The van der Waals surface area contributed by atoms with Crippen molar-refractivity contribution in [1.82, 2.24) is 9.47 Å². The molecule has 1 fully saturated rings. The van der Waals surface area contributed by atoms with Gasteiger partial charge in [0.2, 0.25) is 0 Å². The minimum absolute atomic E-state index is 0.0200. The number of amides is 1. The number of benzene rings is 1. The number of aromatic nitrogens is 1. The molecule has 1 aromatic heterocycles. The van der Waals surface area contributed by atoms with Gasteiger partial charge in [0, 0.05) is 25.1 Å². The van der Waals surface area contributed by atoms with Gasteiger partial charge in [-0.25, -0.2) is 0 Å². The van der Waals surface area contributed by atoms with Gasteiger partial charge >= 0.3 is 5.97 Å². The molecule has 1 N–H and O–H groups in total. The molecule has 0 spiro atoms. The number of thiocarbonyl (C=S) groups is 1. The van der Waals surface area contributed by atoms with E-state index < -0.39 is 5.97 Å². The van der Waals surface area contributed by atoms with Gasteiger partial charge in [-0.05, 0) is 42.4 Å². The molecule has 1 amide bonds. The second kappa shape index (κ2) is 7.52. The van der Waals surface area contributed by atoms with Crippen LogP contribution in [0.2, 0.25) is 0 Å². The summed E-state index contributed by atoms with van der Waals surface area (Å²) in [6.07, 6.45) is 3.81. The van der Waals surface area contributed by atoms with Crippen LogP contribution >= 0.6 is 24.0 Å². The summed E-state index contributed by atoms with van der Waals surface area (Å²) in [4.78, 5) is 38.2. The van der Waals surface area contributed by atoms with E-state index in [9.17, 15) is 14.4 Å². The van der Waals surface area contributed by atoms with Crippen molar-refractivity contribution in [3.63, 3.8) is 0 Å². The highest BCUT2D eigenvalue weighted by Crippen LogP contribution is 2.33. The first-order valence-corrected chi connectivity index (χ1v) is 10.3. The summed E-state index contributed by atoms with van der Waals surface area (Å²) in [5.74, 6) is -1.18. The number of carbonyl (C=O) groups excluding carboxylic acids is 1. The Hall–Kier alpha value is -2.45. The van der Waals surface area contributed by atoms with Crippen molar-refractivity contribution >= 4 is 57.2 Å². The van der Waals surface area contributed by atoms with Gasteiger partial charge in [-0.2, -0.15) is 0 Å². The van der Waals surface area contributed by atoms with E-state index in [1.54, 1.807) is 10.6 Å². The first-order chi connectivity index (χ1) is 13.5. The molecule has 28 heavy (non-hydrogen) atoms. The largest absolute Gasteiger partial charge is 0.481 e. The molecule has 2 aliphatic heterocycles. The molecule has 0 atom stereocenters. The van der Waals surface area contributed by atoms with Crippen LogP contribution in [0.3, 0.4) is 0 Å². The highest BCUT2D eigenvalue weighted by Gasteiger charge is 2.32. The number of pyridine rings is 1. The molecular weight excluding hydrogens is 396 g/mol. The lowest BCUT2D eigenvalue weighted by atomic mass is 10.00. The van der Waals surface area contributed by atoms with E-state index in [0.717, 1.165) is 35.5 Å². The Kier molecular flexibility index (Phi) is 5.07. The second-order valence-corrected chi connectivity index (χ2v) is 8.52. The quantitative estimate of drug-likeness (QED) is 0.599. The van der Waals surface area contributed by atoms with Crippen LogP contribution in [0.25, 0.3) is 17.0 Å². The van der Waals surface area contributed by atoms with Gasteiger partial charge < -0.3 is 9.67 Å². The molecule has 0 saturated carbocycles. The van der Waals surface area contributed by atoms with Gasteiger partial charge in [-0.1, -0.05) is 42.2 Å². The highest BCUT2D eigenvalue weighted by molar-refractivity contribution is 8.26. The summed E-state index contributed by atoms with van der Waals surface area (Å²) < 4.78 is 2.19. The summed E-state index contributed by atoms with van der Waals surface area (Å²) in [5.41, 5.74) is 2.53. The Labute approximate surface area is 170 Å². The average molecular weight is 415 g/mol. The Balaban J connectivity index is 1.68. The Morgan fingerprint density at radius 3 is 2.93 bits per heavy atom. The summed E-state index contributed by atoms with van der Waals surface area (Å²) in [6, 6.07) is 7.86. The van der Waals surface area contributed by atoms with Crippen molar-refractivity contribution in [1.29, 1.82) is 0 Å². The number of hydrogen-bond acceptors (Lipinski definition) is 5. The molecule has 2 aliphatic rings. The lowest BCUT2D eigenvalue weighted by molar-refractivity contribution is -0.137. The summed E-state index contributed by atoms with van der Waals surface area (Å²) >= 11 is 6.42. The van der Waals surface area contributed by atoms with Crippen LogP contribution in [-0.4, -0.2) is 37.3 Å². The average Bonchev–Trinajstić information content (AvgIpc) is 2.93. The molecule has 4 rings (SSSR count). The molecule has 1 saturated heterocycles. The van der Waals surface area contributed by atoms with Crippen LogP contribution in [0.4, 0.5) is 0 Å². The normalized spacial score (nSPS) is 17.7. The maximum absolute atomic E-state index is 13.0. The summed E-state index contributed by atoms with van der Waals surface area (Å²) in [5, 5.41) is 9.75. The van der Waals surface area contributed by atoms with Crippen molar-refractivity contribution in [3.05, 3.63) is 50.7 Å². The maximum atomic E-state index is 13.0. The monoisotopic (exact) mass is 414 g/mol. The number of carbonyl (C=O) groups is 2. The van der Waals surface area contributed by atoms with Gasteiger partial charge in [0.25, 0.3) is 11.5 Å². The van der Waals surface area contributed by atoms with Crippen LogP contribution in [0.5, 0.6) is 0 Å². The van der Waals surface area contributed by atoms with Crippen molar-refractivity contribution in [3.8, 4) is 0 Å². The molecule has 0 bridgehead atoms. The zero-order valence-corrected chi connectivity index (χ0v) is 16.6. The van der Waals surface area contributed by atoms with Crippen LogP contribution in [0.15, 0.2) is 34.0 Å². The third-order valence-corrected chi connectivity index (χ3v) is 6.36. The number of carboxylic acid groups (broad SMARTS) is 1.